The van der Waals surface area contributed by atoms with E-state index in [4.69, 9.17) is 4.74 Å². The third-order valence-electron chi connectivity index (χ3n) is 3.57. The highest BCUT2D eigenvalue weighted by molar-refractivity contribution is 5.14. The van der Waals surface area contributed by atoms with Crippen molar-refractivity contribution in [3.05, 3.63) is 35.9 Å². The normalized spacial score (nSPS) is 14.3. The minimum Gasteiger partial charge on any atom is -0.394 e. The van der Waals surface area contributed by atoms with Crippen molar-refractivity contribution in [1.29, 1.82) is 0 Å². The average molecular weight is 265 g/mol. The second-order valence-corrected chi connectivity index (χ2v) is 5.27. The zero-order chi connectivity index (χ0) is 14.0. The number of rotatable bonds is 10. The molecule has 0 aliphatic heterocycles. The molecule has 19 heavy (non-hydrogen) atoms. The molecule has 1 aromatic rings. The summed E-state index contributed by atoms with van der Waals surface area (Å²) in [7, 11) is 1.89. The van der Waals surface area contributed by atoms with Gasteiger partial charge >= 0.3 is 0 Å². The van der Waals surface area contributed by atoms with Crippen molar-refractivity contribution >= 4 is 0 Å². The lowest BCUT2D eigenvalue weighted by Gasteiger charge is -2.26. The molecule has 0 saturated carbocycles. The highest BCUT2D eigenvalue weighted by Gasteiger charge is 2.19. The summed E-state index contributed by atoms with van der Waals surface area (Å²) >= 11 is 0. The maximum Gasteiger partial charge on any atom is 0.0610 e. The van der Waals surface area contributed by atoms with Crippen LogP contribution in [0.2, 0.25) is 0 Å². The van der Waals surface area contributed by atoms with Crippen molar-refractivity contribution < 1.29 is 9.84 Å². The van der Waals surface area contributed by atoms with Crippen molar-refractivity contribution in [3.63, 3.8) is 0 Å². The van der Waals surface area contributed by atoms with E-state index in [1.807, 2.05) is 20.0 Å². The van der Waals surface area contributed by atoms with E-state index in [2.05, 4.69) is 29.6 Å². The second-order valence-electron chi connectivity index (χ2n) is 5.27. The lowest BCUT2D eigenvalue weighted by molar-refractivity contribution is 0.110. The van der Waals surface area contributed by atoms with Gasteiger partial charge in [-0.2, -0.15) is 0 Å². The third kappa shape index (κ3) is 6.71. The minimum atomic E-state index is -0.173. The molecule has 2 N–H and O–H groups in total. The summed E-state index contributed by atoms with van der Waals surface area (Å²) in [6.07, 6.45) is 4.04. The van der Waals surface area contributed by atoms with Crippen LogP contribution < -0.4 is 5.32 Å². The van der Waals surface area contributed by atoms with Gasteiger partial charge < -0.3 is 15.2 Å². The van der Waals surface area contributed by atoms with Crippen LogP contribution in [0.3, 0.4) is 0 Å². The molecule has 1 aromatic carbocycles. The Hall–Kier alpha value is -0.900. The minimum absolute atomic E-state index is 0.164. The summed E-state index contributed by atoms with van der Waals surface area (Å²) in [6.45, 7) is 3.77. The Labute approximate surface area is 117 Å². The first kappa shape index (κ1) is 16.2. The van der Waals surface area contributed by atoms with Gasteiger partial charge in [0.25, 0.3) is 0 Å². The lowest BCUT2D eigenvalue weighted by atomic mass is 9.97. The number of nitrogens with one attached hydrogen (secondary N) is 1. The van der Waals surface area contributed by atoms with E-state index < -0.39 is 0 Å². The van der Waals surface area contributed by atoms with Crippen LogP contribution in [0.25, 0.3) is 0 Å². The van der Waals surface area contributed by atoms with E-state index in [0.29, 0.717) is 0 Å². The van der Waals surface area contributed by atoms with Crippen LogP contribution in [-0.4, -0.2) is 37.5 Å². The number of aliphatic hydroxyl groups excluding tert-OH is 1. The number of benzene rings is 1. The van der Waals surface area contributed by atoms with E-state index in [0.717, 1.165) is 38.9 Å². The molecule has 0 heterocycles. The van der Waals surface area contributed by atoms with Crippen LogP contribution in [-0.2, 0) is 11.2 Å². The predicted octanol–water partition coefficient (Wildman–Crippen LogP) is 2.39. The Morgan fingerprint density at radius 3 is 2.47 bits per heavy atom. The van der Waals surface area contributed by atoms with Crippen molar-refractivity contribution in [3.8, 4) is 0 Å². The van der Waals surface area contributed by atoms with Crippen LogP contribution in [0.4, 0.5) is 0 Å². The van der Waals surface area contributed by atoms with Crippen molar-refractivity contribution in [2.24, 2.45) is 0 Å². The highest BCUT2D eigenvalue weighted by Crippen LogP contribution is 2.10. The SMILES string of the molecule is CNC(C)(CO)CCCOCCCc1ccccc1. The van der Waals surface area contributed by atoms with E-state index in [-0.39, 0.29) is 12.1 Å². The smallest absolute Gasteiger partial charge is 0.0610 e. The number of aliphatic hydroxyl groups is 1. The molecule has 3 heteroatoms. The molecule has 1 rings (SSSR count). The van der Waals surface area contributed by atoms with Gasteiger partial charge in [-0.25, -0.2) is 0 Å². The van der Waals surface area contributed by atoms with Gasteiger partial charge in [-0.3, -0.25) is 0 Å². The monoisotopic (exact) mass is 265 g/mol. The Morgan fingerprint density at radius 1 is 1.16 bits per heavy atom. The topological polar surface area (TPSA) is 41.5 Å². The first-order valence-electron chi connectivity index (χ1n) is 7.11. The molecule has 108 valence electrons. The number of aryl methyl sites for hydroxylation is 1. The highest BCUT2D eigenvalue weighted by atomic mass is 16.5. The fourth-order valence-electron chi connectivity index (χ4n) is 1.97. The molecule has 0 saturated heterocycles. The molecule has 0 aromatic heterocycles. The first-order valence-corrected chi connectivity index (χ1v) is 7.11. The zero-order valence-corrected chi connectivity index (χ0v) is 12.2. The summed E-state index contributed by atoms with van der Waals surface area (Å²) in [5, 5.41) is 12.4. The van der Waals surface area contributed by atoms with Gasteiger partial charge in [-0.1, -0.05) is 30.3 Å². The number of hydrogen-bond donors (Lipinski definition) is 2. The number of likely N-dealkylation sites (N-methyl/N-ethyl adjacent to an activating group) is 1. The molecule has 1 unspecified atom stereocenters. The Balaban J connectivity index is 2.00. The Bertz CT molecular complexity index is 323. The lowest BCUT2D eigenvalue weighted by Crippen LogP contribution is -2.43. The molecule has 0 radical (unpaired) electrons. The second kappa shape index (κ2) is 9.08. The number of hydrogen-bond acceptors (Lipinski definition) is 3. The first-order chi connectivity index (χ1) is 9.20. The Morgan fingerprint density at radius 2 is 1.84 bits per heavy atom. The van der Waals surface area contributed by atoms with Crippen LogP contribution in [0.1, 0.15) is 31.7 Å². The molecule has 0 spiro atoms. The fourth-order valence-corrected chi connectivity index (χ4v) is 1.97. The quantitative estimate of drug-likeness (QED) is 0.638. The van der Waals surface area contributed by atoms with Crippen LogP contribution in [0, 0.1) is 0 Å². The molecule has 0 amide bonds. The fraction of sp³-hybridized carbons (Fsp3) is 0.625. The van der Waals surface area contributed by atoms with Crippen LogP contribution in [0.5, 0.6) is 0 Å². The standard InChI is InChI=1S/C16H27NO2/c1-16(14-18,17-2)11-7-13-19-12-6-10-15-8-4-3-5-9-15/h3-5,8-9,17-18H,6-7,10-14H2,1-2H3. The molecule has 0 fully saturated rings. The molecule has 0 aliphatic rings. The zero-order valence-electron chi connectivity index (χ0n) is 12.2. The molecular formula is C16H27NO2. The van der Waals surface area contributed by atoms with Gasteiger partial charge in [0, 0.05) is 18.8 Å². The molecule has 3 nitrogen and oxygen atoms in total. The van der Waals surface area contributed by atoms with Crippen molar-refractivity contribution in [1.82, 2.24) is 5.32 Å². The summed E-state index contributed by atoms with van der Waals surface area (Å²) in [4.78, 5) is 0. The van der Waals surface area contributed by atoms with Crippen molar-refractivity contribution in [2.75, 3.05) is 26.9 Å². The van der Waals surface area contributed by atoms with Gasteiger partial charge in [0.15, 0.2) is 0 Å². The van der Waals surface area contributed by atoms with E-state index in [9.17, 15) is 5.11 Å². The summed E-state index contributed by atoms with van der Waals surface area (Å²) in [5.74, 6) is 0. The number of ether oxygens (including phenoxy) is 1. The van der Waals surface area contributed by atoms with Gasteiger partial charge in [-0.05, 0) is 45.2 Å². The van der Waals surface area contributed by atoms with Gasteiger partial charge in [0.05, 0.1) is 6.61 Å². The summed E-state index contributed by atoms with van der Waals surface area (Å²) in [6, 6.07) is 10.5. The van der Waals surface area contributed by atoms with Crippen LogP contribution >= 0.6 is 0 Å². The van der Waals surface area contributed by atoms with Crippen LogP contribution in [0.15, 0.2) is 30.3 Å². The van der Waals surface area contributed by atoms with Gasteiger partial charge in [0.2, 0.25) is 0 Å². The summed E-state index contributed by atoms with van der Waals surface area (Å²) in [5.41, 5.74) is 1.20. The molecule has 1 atom stereocenters. The maximum atomic E-state index is 9.25. The predicted molar refractivity (Wildman–Crippen MR) is 79.4 cm³/mol. The van der Waals surface area contributed by atoms with Crippen molar-refractivity contribution in [2.45, 2.75) is 38.1 Å². The summed E-state index contributed by atoms with van der Waals surface area (Å²) < 4.78 is 5.63. The van der Waals surface area contributed by atoms with E-state index >= 15 is 0 Å². The van der Waals surface area contributed by atoms with E-state index in [1.165, 1.54) is 5.56 Å². The van der Waals surface area contributed by atoms with Gasteiger partial charge in [0.1, 0.15) is 0 Å². The molecule has 0 bridgehead atoms. The maximum absolute atomic E-state index is 9.25. The largest absolute Gasteiger partial charge is 0.394 e. The average Bonchev–Trinajstić information content (AvgIpc) is 2.47. The molecular weight excluding hydrogens is 238 g/mol. The van der Waals surface area contributed by atoms with E-state index in [1.54, 1.807) is 0 Å². The molecule has 0 aliphatic carbocycles. The third-order valence-corrected chi connectivity index (χ3v) is 3.57. The Kier molecular flexibility index (Phi) is 7.72. The van der Waals surface area contributed by atoms with Gasteiger partial charge in [-0.15, -0.1) is 0 Å².